The first kappa shape index (κ1) is 15.9. The zero-order chi connectivity index (χ0) is 15.8. The Hall–Kier alpha value is -2.49. The molecule has 0 saturated heterocycles. The van der Waals surface area contributed by atoms with Gasteiger partial charge in [0, 0.05) is 12.1 Å². The van der Waals surface area contributed by atoms with E-state index >= 15 is 0 Å². The van der Waals surface area contributed by atoms with E-state index in [0.29, 0.717) is 19.4 Å². The molecule has 0 aromatic heterocycles. The number of methoxy groups -OCH3 is 1. The van der Waals surface area contributed by atoms with Gasteiger partial charge >= 0.3 is 0 Å². The quantitative estimate of drug-likeness (QED) is 0.848. The van der Waals surface area contributed by atoms with Crippen LogP contribution >= 0.6 is 0 Å². The van der Waals surface area contributed by atoms with E-state index in [1.165, 1.54) is 0 Å². The van der Waals surface area contributed by atoms with E-state index in [9.17, 15) is 4.79 Å². The first-order valence-corrected chi connectivity index (χ1v) is 7.37. The van der Waals surface area contributed by atoms with Gasteiger partial charge in [0.2, 0.25) is 5.91 Å². The van der Waals surface area contributed by atoms with Gasteiger partial charge in [0.15, 0.2) is 0 Å². The van der Waals surface area contributed by atoms with E-state index < -0.39 is 0 Å². The molecule has 0 atom stereocenters. The molecular weight excluding hydrogens is 278 g/mol. The Labute approximate surface area is 131 Å². The van der Waals surface area contributed by atoms with Crippen LogP contribution in [0.1, 0.15) is 18.9 Å². The molecule has 0 radical (unpaired) electrons. The number of amides is 1. The van der Waals surface area contributed by atoms with Crippen LogP contribution < -0.4 is 14.8 Å². The highest BCUT2D eigenvalue weighted by Gasteiger charge is 2.04. The fourth-order valence-electron chi connectivity index (χ4n) is 2.07. The summed E-state index contributed by atoms with van der Waals surface area (Å²) < 4.78 is 10.5. The fourth-order valence-corrected chi connectivity index (χ4v) is 2.07. The molecule has 2 aromatic carbocycles. The van der Waals surface area contributed by atoms with Crippen molar-refractivity contribution in [3.05, 3.63) is 54.1 Å². The number of benzene rings is 2. The predicted octanol–water partition coefficient (Wildman–Crippen LogP) is 3.67. The van der Waals surface area contributed by atoms with Gasteiger partial charge in [0.25, 0.3) is 0 Å². The van der Waals surface area contributed by atoms with Crippen LogP contribution in [-0.4, -0.2) is 19.6 Å². The molecule has 1 N–H and O–H groups in total. The summed E-state index contributed by atoms with van der Waals surface area (Å²) >= 11 is 0. The second-order valence-corrected chi connectivity index (χ2v) is 4.85. The summed E-state index contributed by atoms with van der Waals surface area (Å²) in [5.41, 5.74) is 1.89. The molecule has 0 bridgehead atoms. The second-order valence-electron chi connectivity index (χ2n) is 4.85. The number of ether oxygens (including phenoxy) is 2. The minimum absolute atomic E-state index is 0.0000204. The van der Waals surface area contributed by atoms with Crippen LogP contribution in [0.15, 0.2) is 48.5 Å². The molecular formula is C18H21NO3. The lowest BCUT2D eigenvalue weighted by Gasteiger charge is -2.07. The van der Waals surface area contributed by atoms with Crippen molar-refractivity contribution in [1.29, 1.82) is 0 Å². The van der Waals surface area contributed by atoms with Crippen LogP contribution in [0.2, 0.25) is 0 Å². The lowest BCUT2D eigenvalue weighted by atomic mass is 10.1. The molecule has 22 heavy (non-hydrogen) atoms. The molecule has 0 heterocycles. The van der Waals surface area contributed by atoms with Crippen LogP contribution in [0.4, 0.5) is 5.69 Å². The topological polar surface area (TPSA) is 47.6 Å². The van der Waals surface area contributed by atoms with Crippen molar-refractivity contribution in [3.63, 3.8) is 0 Å². The summed E-state index contributed by atoms with van der Waals surface area (Å²) in [6, 6.07) is 15.1. The molecule has 1 amide bonds. The van der Waals surface area contributed by atoms with E-state index in [2.05, 4.69) is 5.32 Å². The van der Waals surface area contributed by atoms with E-state index in [1.54, 1.807) is 7.11 Å². The second kappa shape index (κ2) is 8.08. The van der Waals surface area contributed by atoms with E-state index in [1.807, 2.05) is 55.5 Å². The minimum atomic E-state index is -0.0000204. The number of hydrogen-bond acceptors (Lipinski definition) is 3. The van der Waals surface area contributed by atoms with Crippen LogP contribution in [-0.2, 0) is 11.2 Å². The summed E-state index contributed by atoms with van der Waals surface area (Å²) in [4.78, 5) is 12.0. The average Bonchev–Trinajstić information content (AvgIpc) is 2.55. The van der Waals surface area contributed by atoms with E-state index in [-0.39, 0.29) is 5.91 Å². The molecule has 116 valence electrons. The number of rotatable bonds is 7. The molecule has 4 heteroatoms. The van der Waals surface area contributed by atoms with Crippen molar-refractivity contribution in [2.75, 3.05) is 19.0 Å². The largest absolute Gasteiger partial charge is 0.497 e. The summed E-state index contributed by atoms with van der Waals surface area (Å²) in [5.74, 6) is 1.63. The average molecular weight is 299 g/mol. The molecule has 2 rings (SSSR count). The van der Waals surface area contributed by atoms with Crippen molar-refractivity contribution in [2.45, 2.75) is 19.8 Å². The van der Waals surface area contributed by atoms with Gasteiger partial charge in [0.05, 0.1) is 13.7 Å². The summed E-state index contributed by atoms with van der Waals surface area (Å²) in [7, 11) is 1.64. The van der Waals surface area contributed by atoms with E-state index in [0.717, 1.165) is 22.7 Å². The van der Waals surface area contributed by atoms with Crippen LogP contribution in [0.25, 0.3) is 0 Å². The van der Waals surface area contributed by atoms with Crippen molar-refractivity contribution in [2.24, 2.45) is 0 Å². The zero-order valence-electron chi connectivity index (χ0n) is 13.0. The maximum absolute atomic E-state index is 12.0. The normalized spacial score (nSPS) is 10.1. The van der Waals surface area contributed by atoms with Gasteiger partial charge in [-0.15, -0.1) is 0 Å². The number of nitrogens with one attached hydrogen (secondary N) is 1. The summed E-state index contributed by atoms with van der Waals surface area (Å²) in [5, 5.41) is 2.88. The number of carbonyl (C=O) groups is 1. The third-order valence-electron chi connectivity index (χ3n) is 3.25. The van der Waals surface area contributed by atoms with Crippen molar-refractivity contribution < 1.29 is 14.3 Å². The number of anilines is 1. The fraction of sp³-hybridized carbons (Fsp3) is 0.278. The van der Waals surface area contributed by atoms with Crippen LogP contribution in [0, 0.1) is 0 Å². The van der Waals surface area contributed by atoms with Gasteiger partial charge < -0.3 is 14.8 Å². The van der Waals surface area contributed by atoms with Gasteiger partial charge in [0.1, 0.15) is 11.5 Å². The van der Waals surface area contributed by atoms with Crippen LogP contribution in [0.3, 0.4) is 0 Å². The minimum Gasteiger partial charge on any atom is -0.497 e. The first-order valence-electron chi connectivity index (χ1n) is 7.37. The molecule has 0 aliphatic rings. The Kier molecular flexibility index (Phi) is 5.83. The summed E-state index contributed by atoms with van der Waals surface area (Å²) in [6.45, 7) is 2.57. The SMILES string of the molecule is CCOc1ccc(NC(=O)CCc2ccc(OC)cc2)cc1. The van der Waals surface area contributed by atoms with Gasteiger partial charge in [-0.25, -0.2) is 0 Å². The van der Waals surface area contributed by atoms with Gasteiger partial charge in [-0.3, -0.25) is 4.79 Å². The number of carbonyl (C=O) groups excluding carboxylic acids is 1. The molecule has 4 nitrogen and oxygen atoms in total. The molecule has 0 saturated carbocycles. The molecule has 0 fully saturated rings. The van der Waals surface area contributed by atoms with Gasteiger partial charge in [-0.2, -0.15) is 0 Å². The molecule has 2 aromatic rings. The maximum Gasteiger partial charge on any atom is 0.224 e. The predicted molar refractivity (Wildman–Crippen MR) is 87.6 cm³/mol. The third kappa shape index (κ3) is 4.81. The Balaban J connectivity index is 1.81. The molecule has 0 aliphatic heterocycles. The Morgan fingerprint density at radius 2 is 1.64 bits per heavy atom. The van der Waals surface area contributed by atoms with Crippen LogP contribution in [0.5, 0.6) is 11.5 Å². The first-order chi connectivity index (χ1) is 10.7. The standard InChI is InChI=1S/C18H21NO3/c1-3-22-17-11-7-15(8-12-17)19-18(20)13-6-14-4-9-16(21-2)10-5-14/h4-5,7-12H,3,6,13H2,1-2H3,(H,19,20). The third-order valence-corrected chi connectivity index (χ3v) is 3.25. The van der Waals surface area contributed by atoms with E-state index in [4.69, 9.17) is 9.47 Å². The highest BCUT2D eigenvalue weighted by molar-refractivity contribution is 5.90. The highest BCUT2D eigenvalue weighted by Crippen LogP contribution is 2.16. The van der Waals surface area contributed by atoms with Gasteiger partial charge in [-0.1, -0.05) is 12.1 Å². The van der Waals surface area contributed by atoms with Crippen molar-refractivity contribution in [3.8, 4) is 11.5 Å². The lowest BCUT2D eigenvalue weighted by Crippen LogP contribution is -2.12. The molecule has 0 aliphatic carbocycles. The number of aryl methyl sites for hydroxylation is 1. The lowest BCUT2D eigenvalue weighted by molar-refractivity contribution is -0.116. The summed E-state index contributed by atoms with van der Waals surface area (Å²) in [6.07, 6.45) is 1.15. The highest BCUT2D eigenvalue weighted by atomic mass is 16.5. The Morgan fingerprint density at radius 1 is 1.00 bits per heavy atom. The smallest absolute Gasteiger partial charge is 0.224 e. The Bertz CT molecular complexity index is 591. The van der Waals surface area contributed by atoms with Crippen molar-refractivity contribution in [1.82, 2.24) is 0 Å². The molecule has 0 unspecified atom stereocenters. The zero-order valence-corrected chi connectivity index (χ0v) is 13.0. The maximum atomic E-state index is 12.0. The van der Waals surface area contributed by atoms with Crippen molar-refractivity contribution >= 4 is 11.6 Å². The monoisotopic (exact) mass is 299 g/mol. The Morgan fingerprint density at radius 3 is 2.23 bits per heavy atom. The molecule has 0 spiro atoms. The number of hydrogen-bond donors (Lipinski definition) is 1. The van der Waals surface area contributed by atoms with Gasteiger partial charge in [-0.05, 0) is 55.3 Å².